The molecule has 1 atom stereocenters. The average Bonchev–Trinajstić information content (AvgIpc) is 2.72. The first-order valence-electron chi connectivity index (χ1n) is 9.62. The molecule has 21 heavy (non-hydrogen) atoms. The van der Waals surface area contributed by atoms with Gasteiger partial charge in [-0.25, -0.2) is 0 Å². The van der Waals surface area contributed by atoms with Gasteiger partial charge in [-0.1, -0.05) is 40.5 Å². The van der Waals surface area contributed by atoms with E-state index in [0.29, 0.717) is 5.41 Å². The second-order valence-corrected chi connectivity index (χ2v) is 7.25. The number of rotatable bonds is 10. The molecule has 0 aliphatic carbocycles. The molecule has 1 heterocycles. The zero-order valence-corrected chi connectivity index (χ0v) is 15.2. The molecule has 1 aliphatic heterocycles. The Labute approximate surface area is 134 Å². The highest BCUT2D eigenvalue weighted by molar-refractivity contribution is 4.84. The van der Waals surface area contributed by atoms with Crippen LogP contribution in [0.25, 0.3) is 0 Å². The number of nitrogens with one attached hydrogen (secondary N) is 1. The molecule has 0 spiro atoms. The van der Waals surface area contributed by atoms with Crippen LogP contribution in [0.4, 0.5) is 0 Å². The molecule has 1 aliphatic rings. The van der Waals surface area contributed by atoms with E-state index in [2.05, 4.69) is 37.9 Å². The molecule has 0 aromatic heterocycles. The van der Waals surface area contributed by atoms with E-state index < -0.39 is 0 Å². The van der Waals surface area contributed by atoms with E-state index in [4.69, 9.17) is 0 Å². The highest BCUT2D eigenvalue weighted by atomic mass is 15.1. The Morgan fingerprint density at radius 1 is 1.00 bits per heavy atom. The Kier molecular flexibility index (Phi) is 9.59. The van der Waals surface area contributed by atoms with Crippen molar-refractivity contribution in [1.29, 1.82) is 0 Å². The van der Waals surface area contributed by atoms with Gasteiger partial charge in [-0.15, -0.1) is 0 Å². The number of nitrogens with zero attached hydrogens (tertiary/aromatic N) is 1. The third-order valence-corrected chi connectivity index (χ3v) is 5.62. The van der Waals surface area contributed by atoms with E-state index in [-0.39, 0.29) is 0 Å². The fraction of sp³-hybridized carbons (Fsp3) is 1.00. The fourth-order valence-corrected chi connectivity index (χ4v) is 3.86. The first kappa shape index (κ1) is 19.0. The van der Waals surface area contributed by atoms with Gasteiger partial charge in [0.1, 0.15) is 0 Å². The molecule has 0 aromatic rings. The molecule has 1 saturated heterocycles. The molecule has 0 amide bonds. The number of hydrogen-bond acceptors (Lipinski definition) is 2. The smallest absolute Gasteiger partial charge is 0.00499 e. The third kappa shape index (κ3) is 6.69. The Morgan fingerprint density at radius 2 is 1.76 bits per heavy atom. The second-order valence-electron chi connectivity index (χ2n) is 7.25. The minimum atomic E-state index is 0.486. The third-order valence-electron chi connectivity index (χ3n) is 5.62. The van der Waals surface area contributed by atoms with E-state index in [9.17, 15) is 0 Å². The van der Waals surface area contributed by atoms with Crippen LogP contribution in [0.3, 0.4) is 0 Å². The summed E-state index contributed by atoms with van der Waals surface area (Å²) in [5, 5.41) is 3.69. The van der Waals surface area contributed by atoms with E-state index in [1.54, 1.807) is 0 Å². The first-order chi connectivity index (χ1) is 10.2. The summed E-state index contributed by atoms with van der Waals surface area (Å²) in [6, 6.07) is 0. The van der Waals surface area contributed by atoms with Crippen molar-refractivity contribution in [3.63, 3.8) is 0 Å². The first-order valence-corrected chi connectivity index (χ1v) is 9.62. The molecule has 0 aromatic carbocycles. The van der Waals surface area contributed by atoms with Gasteiger partial charge >= 0.3 is 0 Å². The largest absolute Gasteiger partial charge is 0.316 e. The van der Waals surface area contributed by atoms with Crippen molar-refractivity contribution < 1.29 is 0 Å². The molecule has 1 fully saturated rings. The molecule has 2 nitrogen and oxygen atoms in total. The van der Waals surface area contributed by atoms with Gasteiger partial charge in [-0.05, 0) is 69.5 Å². The van der Waals surface area contributed by atoms with Crippen molar-refractivity contribution in [3.8, 4) is 0 Å². The Balaban J connectivity index is 2.49. The fourth-order valence-electron chi connectivity index (χ4n) is 3.86. The zero-order valence-electron chi connectivity index (χ0n) is 15.2. The summed E-state index contributed by atoms with van der Waals surface area (Å²) in [5.74, 6) is 0.996. The molecule has 1 N–H and O–H groups in total. The van der Waals surface area contributed by atoms with Crippen LogP contribution in [0, 0.1) is 11.3 Å². The summed E-state index contributed by atoms with van der Waals surface area (Å²) in [4.78, 5) is 2.77. The summed E-state index contributed by atoms with van der Waals surface area (Å²) >= 11 is 0. The van der Waals surface area contributed by atoms with Crippen LogP contribution in [0.1, 0.15) is 79.1 Å². The molecule has 126 valence electrons. The molecular formula is C19H40N2. The molecule has 0 radical (unpaired) electrons. The minimum absolute atomic E-state index is 0.486. The topological polar surface area (TPSA) is 15.3 Å². The maximum Gasteiger partial charge on any atom is 0.00499 e. The van der Waals surface area contributed by atoms with E-state index in [1.165, 1.54) is 84.1 Å². The van der Waals surface area contributed by atoms with Gasteiger partial charge < -0.3 is 10.2 Å². The molecular weight excluding hydrogens is 256 g/mol. The Hall–Kier alpha value is -0.0800. The highest BCUT2D eigenvalue weighted by Crippen LogP contribution is 2.29. The van der Waals surface area contributed by atoms with Gasteiger partial charge in [0.2, 0.25) is 0 Å². The quantitative estimate of drug-likeness (QED) is 0.588. The normalized spacial score (nSPS) is 21.4. The van der Waals surface area contributed by atoms with Crippen molar-refractivity contribution in [2.24, 2.45) is 11.3 Å². The van der Waals surface area contributed by atoms with Crippen molar-refractivity contribution in [1.82, 2.24) is 10.2 Å². The van der Waals surface area contributed by atoms with Gasteiger partial charge in [0.15, 0.2) is 0 Å². The molecule has 2 heteroatoms. The van der Waals surface area contributed by atoms with Crippen molar-refractivity contribution in [2.45, 2.75) is 79.1 Å². The van der Waals surface area contributed by atoms with Crippen molar-refractivity contribution in [2.75, 3.05) is 32.7 Å². The predicted molar refractivity (Wildman–Crippen MR) is 94.9 cm³/mol. The van der Waals surface area contributed by atoms with E-state index in [0.717, 1.165) is 5.92 Å². The lowest BCUT2D eigenvalue weighted by molar-refractivity contribution is 0.136. The molecule has 0 bridgehead atoms. The van der Waals surface area contributed by atoms with E-state index in [1.807, 2.05) is 0 Å². The van der Waals surface area contributed by atoms with Crippen LogP contribution in [0.5, 0.6) is 0 Å². The standard InChI is InChI=1S/C19H40N2/c1-5-10-18-11-9-14-21(15-12-18)17-19(7-3,8-4)16-20-13-6-2/h18,20H,5-17H2,1-4H3. The van der Waals surface area contributed by atoms with Gasteiger partial charge in [-0.3, -0.25) is 0 Å². The summed E-state index contributed by atoms with van der Waals surface area (Å²) in [6.07, 6.45) is 11.0. The predicted octanol–water partition coefficient (Wildman–Crippen LogP) is 4.69. The van der Waals surface area contributed by atoms with Gasteiger partial charge in [0.25, 0.3) is 0 Å². The monoisotopic (exact) mass is 296 g/mol. The van der Waals surface area contributed by atoms with Crippen LogP contribution < -0.4 is 5.32 Å². The number of hydrogen-bond donors (Lipinski definition) is 1. The maximum atomic E-state index is 3.69. The Bertz CT molecular complexity index is 248. The van der Waals surface area contributed by atoms with Gasteiger partial charge in [-0.2, -0.15) is 0 Å². The average molecular weight is 297 g/mol. The summed E-state index contributed by atoms with van der Waals surface area (Å²) in [5.41, 5.74) is 0.486. The van der Waals surface area contributed by atoms with Crippen LogP contribution >= 0.6 is 0 Å². The summed E-state index contributed by atoms with van der Waals surface area (Å²) in [6.45, 7) is 15.7. The lowest BCUT2D eigenvalue weighted by Gasteiger charge is -2.37. The number of likely N-dealkylation sites (tertiary alicyclic amines) is 1. The lowest BCUT2D eigenvalue weighted by Crippen LogP contribution is -2.44. The minimum Gasteiger partial charge on any atom is -0.316 e. The summed E-state index contributed by atoms with van der Waals surface area (Å²) in [7, 11) is 0. The van der Waals surface area contributed by atoms with Crippen LogP contribution in [-0.4, -0.2) is 37.6 Å². The van der Waals surface area contributed by atoms with Crippen molar-refractivity contribution in [3.05, 3.63) is 0 Å². The van der Waals surface area contributed by atoms with Gasteiger partial charge in [0.05, 0.1) is 0 Å². The highest BCUT2D eigenvalue weighted by Gasteiger charge is 2.29. The van der Waals surface area contributed by atoms with Gasteiger partial charge in [0, 0.05) is 13.1 Å². The molecule has 1 unspecified atom stereocenters. The lowest BCUT2D eigenvalue weighted by atomic mass is 9.81. The zero-order chi connectivity index (χ0) is 15.6. The van der Waals surface area contributed by atoms with Crippen LogP contribution in [0.15, 0.2) is 0 Å². The van der Waals surface area contributed by atoms with Crippen molar-refractivity contribution >= 4 is 0 Å². The Morgan fingerprint density at radius 3 is 2.38 bits per heavy atom. The molecule has 0 saturated carbocycles. The maximum absolute atomic E-state index is 3.69. The van der Waals surface area contributed by atoms with Crippen LogP contribution in [0.2, 0.25) is 0 Å². The SMILES string of the molecule is CCCNCC(CC)(CC)CN1CCCC(CCC)CC1. The summed E-state index contributed by atoms with van der Waals surface area (Å²) < 4.78 is 0. The molecule has 1 rings (SSSR count). The van der Waals surface area contributed by atoms with E-state index >= 15 is 0 Å². The van der Waals surface area contributed by atoms with Crippen LogP contribution in [-0.2, 0) is 0 Å². The second kappa shape index (κ2) is 10.6.